The Bertz CT molecular complexity index is 339. The third kappa shape index (κ3) is 6.31. The summed E-state index contributed by atoms with van der Waals surface area (Å²) in [6.45, 7) is 12.1. The zero-order valence-corrected chi connectivity index (χ0v) is 13.3. The smallest absolute Gasteiger partial charge is 0.148 e. The molecule has 110 valence electrons. The van der Waals surface area contributed by atoms with E-state index >= 15 is 0 Å². The van der Waals surface area contributed by atoms with Crippen LogP contribution in [0, 0.1) is 11.8 Å². The van der Waals surface area contributed by atoms with E-state index in [0.717, 1.165) is 42.2 Å². The number of aromatic nitrogens is 2. The van der Waals surface area contributed by atoms with E-state index in [1.165, 1.54) is 24.4 Å². The van der Waals surface area contributed by atoms with Gasteiger partial charge in [0.2, 0.25) is 0 Å². The zero-order chi connectivity index (χ0) is 14.3. The van der Waals surface area contributed by atoms with Gasteiger partial charge in [0, 0.05) is 18.1 Å². The van der Waals surface area contributed by atoms with Crippen molar-refractivity contribution in [3.8, 4) is 0 Å². The Morgan fingerprint density at radius 3 is 2.21 bits per heavy atom. The van der Waals surface area contributed by atoms with Crippen LogP contribution in [-0.4, -0.2) is 27.6 Å². The molecule has 0 aliphatic rings. The van der Waals surface area contributed by atoms with Crippen LogP contribution in [0.15, 0.2) is 0 Å². The standard InChI is InChI=1S/C13H27N5S/c1-10(2)5-7-18(8-6-11(3)4)9-12-13(15-14)19-17-16-12/h10-11,15H,5-9,14H2,1-4H3. The fourth-order valence-corrected chi connectivity index (χ4v) is 2.27. The molecule has 6 heteroatoms. The average Bonchev–Trinajstić information content (AvgIpc) is 2.79. The summed E-state index contributed by atoms with van der Waals surface area (Å²) in [5.41, 5.74) is 3.64. The summed E-state index contributed by atoms with van der Waals surface area (Å²) in [4.78, 5) is 2.46. The summed E-state index contributed by atoms with van der Waals surface area (Å²) >= 11 is 1.32. The molecule has 0 aromatic carbocycles. The van der Waals surface area contributed by atoms with Crippen LogP contribution in [0.3, 0.4) is 0 Å². The van der Waals surface area contributed by atoms with Crippen molar-refractivity contribution < 1.29 is 0 Å². The van der Waals surface area contributed by atoms with Crippen molar-refractivity contribution >= 4 is 16.5 Å². The van der Waals surface area contributed by atoms with Crippen molar-refractivity contribution in [1.29, 1.82) is 0 Å². The summed E-state index contributed by atoms with van der Waals surface area (Å²) in [6.07, 6.45) is 2.42. The van der Waals surface area contributed by atoms with Crippen LogP contribution in [0.2, 0.25) is 0 Å². The second-order valence-corrected chi connectivity index (χ2v) is 6.59. The third-order valence-corrected chi connectivity index (χ3v) is 3.80. The molecule has 0 unspecified atom stereocenters. The molecule has 0 bridgehead atoms. The van der Waals surface area contributed by atoms with Gasteiger partial charge in [0.25, 0.3) is 0 Å². The minimum absolute atomic E-state index is 0.724. The Hall–Kier alpha value is -0.720. The molecule has 0 aliphatic carbocycles. The molecule has 5 nitrogen and oxygen atoms in total. The quantitative estimate of drug-likeness (QED) is 0.539. The van der Waals surface area contributed by atoms with E-state index in [9.17, 15) is 0 Å². The molecule has 1 rings (SSSR count). The minimum Gasteiger partial charge on any atom is -0.313 e. The van der Waals surface area contributed by atoms with E-state index in [-0.39, 0.29) is 0 Å². The van der Waals surface area contributed by atoms with Gasteiger partial charge in [-0.2, -0.15) is 0 Å². The van der Waals surface area contributed by atoms with E-state index in [2.05, 4.69) is 47.6 Å². The lowest BCUT2D eigenvalue weighted by molar-refractivity contribution is 0.233. The van der Waals surface area contributed by atoms with Gasteiger partial charge < -0.3 is 5.43 Å². The summed E-state index contributed by atoms with van der Waals surface area (Å²) in [5, 5.41) is 5.04. The zero-order valence-electron chi connectivity index (χ0n) is 12.5. The average molecular weight is 285 g/mol. The van der Waals surface area contributed by atoms with Gasteiger partial charge in [0.05, 0.1) is 0 Å². The first-order chi connectivity index (χ1) is 9.02. The molecule has 0 amide bonds. The lowest BCUT2D eigenvalue weighted by Gasteiger charge is -2.23. The van der Waals surface area contributed by atoms with E-state index in [4.69, 9.17) is 5.84 Å². The second-order valence-electron chi connectivity index (χ2n) is 5.83. The molecule has 0 spiro atoms. The van der Waals surface area contributed by atoms with Gasteiger partial charge in [-0.1, -0.05) is 32.2 Å². The highest BCUT2D eigenvalue weighted by Crippen LogP contribution is 2.19. The van der Waals surface area contributed by atoms with Crippen LogP contribution in [0.5, 0.6) is 0 Å². The third-order valence-electron chi connectivity index (χ3n) is 3.11. The van der Waals surface area contributed by atoms with Crippen LogP contribution in [0.25, 0.3) is 0 Å². The van der Waals surface area contributed by atoms with Crippen molar-refractivity contribution in [2.24, 2.45) is 17.7 Å². The maximum atomic E-state index is 5.48. The maximum absolute atomic E-state index is 5.48. The molecule has 3 N–H and O–H groups in total. The highest BCUT2D eigenvalue weighted by atomic mass is 32.1. The normalized spacial score (nSPS) is 11.8. The number of anilines is 1. The fraction of sp³-hybridized carbons (Fsp3) is 0.846. The topological polar surface area (TPSA) is 67.1 Å². The van der Waals surface area contributed by atoms with Crippen LogP contribution in [-0.2, 0) is 6.54 Å². The highest BCUT2D eigenvalue weighted by Gasteiger charge is 2.13. The number of nitrogens with zero attached hydrogens (tertiary/aromatic N) is 3. The van der Waals surface area contributed by atoms with E-state index in [1.807, 2.05) is 0 Å². The molecule has 1 heterocycles. The van der Waals surface area contributed by atoms with Crippen molar-refractivity contribution in [1.82, 2.24) is 14.5 Å². The number of hydrogen-bond donors (Lipinski definition) is 2. The molecule has 0 saturated carbocycles. The van der Waals surface area contributed by atoms with Gasteiger partial charge in [-0.15, -0.1) is 5.10 Å². The Balaban J connectivity index is 2.56. The first-order valence-electron chi connectivity index (χ1n) is 7.03. The molecule has 0 fully saturated rings. The van der Waals surface area contributed by atoms with Crippen LogP contribution >= 0.6 is 11.5 Å². The minimum atomic E-state index is 0.724. The number of hydrogen-bond acceptors (Lipinski definition) is 6. The van der Waals surface area contributed by atoms with Crippen LogP contribution in [0.1, 0.15) is 46.2 Å². The van der Waals surface area contributed by atoms with Crippen molar-refractivity contribution in [2.75, 3.05) is 18.5 Å². The van der Waals surface area contributed by atoms with Crippen LogP contribution in [0.4, 0.5) is 5.00 Å². The Morgan fingerprint density at radius 1 is 1.16 bits per heavy atom. The number of nitrogens with one attached hydrogen (secondary N) is 1. The van der Waals surface area contributed by atoms with Gasteiger partial charge in [0.1, 0.15) is 10.7 Å². The first-order valence-corrected chi connectivity index (χ1v) is 7.80. The second kappa shape index (κ2) is 8.45. The SMILES string of the molecule is CC(C)CCN(CCC(C)C)Cc1nnsc1NN. The van der Waals surface area contributed by atoms with E-state index in [1.54, 1.807) is 0 Å². The largest absolute Gasteiger partial charge is 0.313 e. The molecular formula is C13H27N5S. The maximum Gasteiger partial charge on any atom is 0.148 e. The molecule has 0 atom stereocenters. The van der Waals surface area contributed by atoms with Crippen molar-refractivity contribution in [3.63, 3.8) is 0 Å². The fourth-order valence-electron chi connectivity index (χ4n) is 1.78. The predicted molar refractivity (Wildman–Crippen MR) is 81.9 cm³/mol. The molecule has 0 radical (unpaired) electrons. The van der Waals surface area contributed by atoms with Gasteiger partial charge in [-0.3, -0.25) is 4.90 Å². The van der Waals surface area contributed by atoms with E-state index in [0.29, 0.717) is 0 Å². The Kier molecular flexibility index (Phi) is 7.27. The number of hydrazine groups is 1. The monoisotopic (exact) mass is 285 g/mol. The molecule has 19 heavy (non-hydrogen) atoms. The number of nitrogens with two attached hydrogens (primary N) is 1. The summed E-state index contributed by atoms with van der Waals surface area (Å²) in [7, 11) is 0. The Labute approximate surface area is 120 Å². The van der Waals surface area contributed by atoms with Crippen molar-refractivity contribution in [2.45, 2.75) is 47.1 Å². The summed E-state index contributed by atoms with van der Waals surface area (Å²) < 4.78 is 3.96. The molecule has 1 aromatic rings. The summed E-state index contributed by atoms with van der Waals surface area (Å²) in [6, 6.07) is 0. The van der Waals surface area contributed by atoms with Gasteiger partial charge in [0.15, 0.2) is 0 Å². The van der Waals surface area contributed by atoms with Gasteiger partial charge >= 0.3 is 0 Å². The summed E-state index contributed by atoms with van der Waals surface area (Å²) in [5.74, 6) is 6.93. The van der Waals surface area contributed by atoms with Gasteiger partial charge in [-0.25, -0.2) is 5.84 Å². The molecule has 1 aromatic heterocycles. The lowest BCUT2D eigenvalue weighted by Crippen LogP contribution is -2.28. The van der Waals surface area contributed by atoms with Crippen molar-refractivity contribution in [3.05, 3.63) is 5.69 Å². The Morgan fingerprint density at radius 2 is 1.74 bits per heavy atom. The van der Waals surface area contributed by atoms with Crippen LogP contribution < -0.4 is 11.3 Å². The highest BCUT2D eigenvalue weighted by molar-refractivity contribution is 7.10. The van der Waals surface area contributed by atoms with Gasteiger partial charge in [-0.05, 0) is 37.8 Å². The molecule has 0 saturated heterocycles. The predicted octanol–water partition coefficient (Wildman–Crippen LogP) is 2.72. The number of nitrogen functional groups attached to an aromatic ring is 1. The lowest BCUT2D eigenvalue weighted by atomic mass is 10.1. The first kappa shape index (κ1) is 16.3. The molecule has 0 aliphatic heterocycles. The molecular weight excluding hydrogens is 258 g/mol. The van der Waals surface area contributed by atoms with E-state index < -0.39 is 0 Å². The number of rotatable bonds is 9.